The highest BCUT2D eigenvalue weighted by Gasteiger charge is 2.21. The van der Waals surface area contributed by atoms with Crippen LogP contribution in [0, 0.1) is 5.41 Å². The summed E-state index contributed by atoms with van der Waals surface area (Å²) in [6, 6.07) is 6.10. The summed E-state index contributed by atoms with van der Waals surface area (Å²) >= 11 is 3.58. The van der Waals surface area contributed by atoms with Crippen LogP contribution in [0.25, 0.3) is 0 Å². The maximum Gasteiger partial charge on any atom is 0.0461 e. The normalized spacial score (nSPS) is 17.4. The van der Waals surface area contributed by atoms with E-state index in [4.69, 9.17) is 5.73 Å². The number of nitrogen functional groups attached to an aromatic ring is 1. The molecule has 0 aromatic heterocycles. The third kappa shape index (κ3) is 3.61. The van der Waals surface area contributed by atoms with Crippen molar-refractivity contribution in [3.63, 3.8) is 0 Å². The van der Waals surface area contributed by atoms with Crippen LogP contribution in [0.1, 0.15) is 32.8 Å². The van der Waals surface area contributed by atoms with Crippen LogP contribution in [-0.4, -0.2) is 18.0 Å². The zero-order valence-electron chi connectivity index (χ0n) is 12.0. The van der Waals surface area contributed by atoms with Crippen molar-refractivity contribution in [1.29, 1.82) is 0 Å². The first-order chi connectivity index (χ1) is 8.88. The van der Waals surface area contributed by atoms with E-state index < -0.39 is 0 Å². The van der Waals surface area contributed by atoms with Gasteiger partial charge in [-0.3, -0.25) is 4.90 Å². The summed E-state index contributed by atoms with van der Waals surface area (Å²) in [6.07, 6.45) is 3.56. The number of nitrogens with two attached hydrogens (primary N) is 1. The van der Waals surface area contributed by atoms with Crippen LogP contribution in [0.5, 0.6) is 0 Å². The van der Waals surface area contributed by atoms with Crippen LogP contribution < -0.4 is 5.73 Å². The highest BCUT2D eigenvalue weighted by atomic mass is 79.9. The van der Waals surface area contributed by atoms with Gasteiger partial charge in [0.05, 0.1) is 0 Å². The molecule has 2 N–H and O–H groups in total. The van der Waals surface area contributed by atoms with E-state index in [2.05, 4.69) is 53.7 Å². The molecule has 0 bridgehead atoms. The van der Waals surface area contributed by atoms with E-state index in [1.54, 1.807) is 5.57 Å². The van der Waals surface area contributed by atoms with Crippen molar-refractivity contribution in [2.75, 3.05) is 18.8 Å². The van der Waals surface area contributed by atoms with Crippen molar-refractivity contribution < 1.29 is 0 Å². The first-order valence-electron chi connectivity index (χ1n) is 6.82. The Morgan fingerprint density at radius 3 is 2.63 bits per heavy atom. The minimum Gasteiger partial charge on any atom is -0.398 e. The molecule has 0 saturated carbocycles. The highest BCUT2D eigenvalue weighted by Crippen LogP contribution is 2.31. The van der Waals surface area contributed by atoms with Gasteiger partial charge >= 0.3 is 0 Å². The van der Waals surface area contributed by atoms with Gasteiger partial charge in [0.1, 0.15) is 0 Å². The zero-order chi connectivity index (χ0) is 14.0. The van der Waals surface area contributed by atoms with E-state index in [0.29, 0.717) is 5.41 Å². The third-order valence-corrected chi connectivity index (χ3v) is 4.73. The van der Waals surface area contributed by atoms with E-state index in [1.165, 1.54) is 12.0 Å². The molecule has 0 radical (unpaired) electrons. The molecule has 0 atom stereocenters. The maximum absolute atomic E-state index is 5.93. The lowest BCUT2D eigenvalue weighted by atomic mass is 9.83. The molecule has 19 heavy (non-hydrogen) atoms. The molecule has 2 nitrogen and oxygen atoms in total. The van der Waals surface area contributed by atoms with Gasteiger partial charge in [0.2, 0.25) is 0 Å². The second kappa shape index (κ2) is 5.68. The average molecular weight is 323 g/mol. The van der Waals surface area contributed by atoms with Crippen LogP contribution in [-0.2, 0) is 6.54 Å². The quantitative estimate of drug-likeness (QED) is 0.652. The molecule has 1 aliphatic heterocycles. The molecule has 1 heterocycles. The van der Waals surface area contributed by atoms with Gasteiger partial charge in [-0.25, -0.2) is 0 Å². The number of anilines is 1. The Balaban J connectivity index is 2.03. The molecule has 1 aliphatic rings. The largest absolute Gasteiger partial charge is 0.398 e. The van der Waals surface area contributed by atoms with Gasteiger partial charge in [-0.1, -0.05) is 44.6 Å². The molecule has 0 aliphatic carbocycles. The summed E-state index contributed by atoms with van der Waals surface area (Å²) in [7, 11) is 0. The van der Waals surface area contributed by atoms with Gasteiger partial charge in [-0.15, -0.1) is 0 Å². The van der Waals surface area contributed by atoms with Gasteiger partial charge in [0, 0.05) is 29.8 Å². The Bertz CT molecular complexity index is 486. The second-order valence-corrected chi connectivity index (χ2v) is 7.08. The first-order valence-corrected chi connectivity index (χ1v) is 7.62. The standard InChI is InChI=1S/C16H23BrN2/c1-16(2,3)13-7-9-19(10-8-13)11-12-5-4-6-14(18)15(12)17/h4-7H,8-11,18H2,1-3H3. The van der Waals surface area contributed by atoms with Crippen molar-refractivity contribution >= 4 is 21.6 Å². The molecule has 3 heteroatoms. The summed E-state index contributed by atoms with van der Waals surface area (Å²) in [5.74, 6) is 0. The van der Waals surface area contributed by atoms with Crippen LogP contribution in [0.4, 0.5) is 5.69 Å². The molecule has 0 fully saturated rings. The minimum absolute atomic E-state index is 0.309. The number of hydrogen-bond donors (Lipinski definition) is 1. The Labute approximate surface area is 124 Å². The molecule has 0 amide bonds. The van der Waals surface area contributed by atoms with E-state index in [-0.39, 0.29) is 0 Å². The zero-order valence-corrected chi connectivity index (χ0v) is 13.6. The monoisotopic (exact) mass is 322 g/mol. The minimum atomic E-state index is 0.309. The summed E-state index contributed by atoms with van der Waals surface area (Å²) in [5, 5.41) is 0. The Morgan fingerprint density at radius 2 is 2.05 bits per heavy atom. The number of benzene rings is 1. The lowest BCUT2D eigenvalue weighted by molar-refractivity contribution is 0.271. The van der Waals surface area contributed by atoms with E-state index >= 15 is 0 Å². The second-order valence-electron chi connectivity index (χ2n) is 6.28. The van der Waals surface area contributed by atoms with E-state index in [9.17, 15) is 0 Å². The molecule has 1 aromatic carbocycles. The summed E-state index contributed by atoms with van der Waals surface area (Å²) in [6.45, 7) is 10.0. The van der Waals surface area contributed by atoms with Crippen molar-refractivity contribution in [2.24, 2.45) is 5.41 Å². The fraction of sp³-hybridized carbons (Fsp3) is 0.500. The Morgan fingerprint density at radius 1 is 1.32 bits per heavy atom. The smallest absolute Gasteiger partial charge is 0.0461 e. The highest BCUT2D eigenvalue weighted by molar-refractivity contribution is 9.10. The SMILES string of the molecule is CC(C)(C)C1=CCN(Cc2cccc(N)c2Br)CC1. The van der Waals surface area contributed by atoms with Crippen LogP contribution in [0.2, 0.25) is 0 Å². The van der Waals surface area contributed by atoms with Gasteiger partial charge in [-0.2, -0.15) is 0 Å². The molecule has 1 aromatic rings. The lowest BCUT2D eigenvalue weighted by Gasteiger charge is -2.32. The van der Waals surface area contributed by atoms with Crippen LogP contribution in [0.15, 0.2) is 34.3 Å². The number of nitrogens with zero attached hydrogens (tertiary/aromatic N) is 1. The van der Waals surface area contributed by atoms with E-state index in [0.717, 1.165) is 29.8 Å². The molecule has 0 spiro atoms. The Kier molecular flexibility index (Phi) is 4.36. The van der Waals surface area contributed by atoms with Gasteiger partial charge < -0.3 is 5.73 Å². The lowest BCUT2D eigenvalue weighted by Crippen LogP contribution is -2.31. The van der Waals surface area contributed by atoms with Gasteiger partial charge in [-0.05, 0) is 39.4 Å². The molecular weight excluding hydrogens is 300 g/mol. The van der Waals surface area contributed by atoms with Crippen molar-refractivity contribution in [3.05, 3.63) is 39.9 Å². The maximum atomic E-state index is 5.93. The van der Waals surface area contributed by atoms with Gasteiger partial charge in [0.15, 0.2) is 0 Å². The third-order valence-electron chi connectivity index (χ3n) is 3.76. The summed E-state index contributed by atoms with van der Waals surface area (Å²) in [4.78, 5) is 2.47. The predicted octanol–water partition coefficient (Wildman–Crippen LogP) is 4.21. The van der Waals surface area contributed by atoms with Crippen molar-refractivity contribution in [2.45, 2.75) is 33.7 Å². The number of rotatable bonds is 2. The summed E-state index contributed by atoms with van der Waals surface area (Å²) < 4.78 is 1.04. The molecule has 0 unspecified atom stereocenters. The topological polar surface area (TPSA) is 29.3 Å². The molecular formula is C16H23BrN2. The molecule has 2 rings (SSSR count). The number of hydrogen-bond acceptors (Lipinski definition) is 2. The van der Waals surface area contributed by atoms with Crippen molar-refractivity contribution in [1.82, 2.24) is 4.90 Å². The number of halogens is 1. The summed E-state index contributed by atoms with van der Waals surface area (Å²) in [5.41, 5.74) is 9.91. The average Bonchev–Trinajstić information content (AvgIpc) is 2.35. The molecule has 104 valence electrons. The fourth-order valence-electron chi connectivity index (χ4n) is 2.50. The van der Waals surface area contributed by atoms with Crippen LogP contribution >= 0.6 is 15.9 Å². The molecule has 0 saturated heterocycles. The first kappa shape index (κ1) is 14.6. The predicted molar refractivity (Wildman–Crippen MR) is 86.0 cm³/mol. The Hall–Kier alpha value is -0.800. The van der Waals surface area contributed by atoms with Gasteiger partial charge in [0.25, 0.3) is 0 Å². The van der Waals surface area contributed by atoms with Crippen LogP contribution in [0.3, 0.4) is 0 Å². The van der Waals surface area contributed by atoms with Crippen molar-refractivity contribution in [3.8, 4) is 0 Å². The fourth-order valence-corrected chi connectivity index (χ4v) is 2.89. The van der Waals surface area contributed by atoms with E-state index in [1.807, 2.05) is 12.1 Å².